The molecule has 0 atom stereocenters. The van der Waals surface area contributed by atoms with Crippen molar-refractivity contribution in [2.75, 3.05) is 6.61 Å². The van der Waals surface area contributed by atoms with Crippen LogP contribution >= 0.6 is 23.2 Å². The van der Waals surface area contributed by atoms with Gasteiger partial charge in [0.15, 0.2) is 0 Å². The van der Waals surface area contributed by atoms with Crippen LogP contribution in [0.2, 0.25) is 10.0 Å². The summed E-state index contributed by atoms with van der Waals surface area (Å²) in [4.78, 5) is 0. The standard InChI is InChI=1S/C13H17Cl2NO/c14-11-4-3-10(12(15)7-11)8-17-9-13(16)5-1-2-6-13/h3-4,7H,1-2,5-6,8-9,16H2. The summed E-state index contributed by atoms with van der Waals surface area (Å²) in [6.07, 6.45) is 4.53. The first kappa shape index (κ1) is 13.2. The summed E-state index contributed by atoms with van der Waals surface area (Å²) in [7, 11) is 0. The molecule has 1 fully saturated rings. The lowest BCUT2D eigenvalue weighted by molar-refractivity contribution is 0.0751. The molecule has 2 nitrogen and oxygen atoms in total. The van der Waals surface area contributed by atoms with E-state index in [0.717, 1.165) is 18.4 Å². The lowest BCUT2D eigenvalue weighted by Crippen LogP contribution is -2.41. The maximum atomic E-state index is 6.21. The number of hydrogen-bond acceptors (Lipinski definition) is 2. The van der Waals surface area contributed by atoms with Gasteiger partial charge in [-0.2, -0.15) is 0 Å². The van der Waals surface area contributed by atoms with Crippen LogP contribution in [0, 0.1) is 0 Å². The third-order valence-corrected chi connectivity index (χ3v) is 3.85. The quantitative estimate of drug-likeness (QED) is 0.906. The van der Waals surface area contributed by atoms with E-state index in [-0.39, 0.29) is 5.54 Å². The van der Waals surface area contributed by atoms with Gasteiger partial charge in [-0.25, -0.2) is 0 Å². The second kappa shape index (κ2) is 5.57. The lowest BCUT2D eigenvalue weighted by Gasteiger charge is -2.23. The van der Waals surface area contributed by atoms with Crippen molar-refractivity contribution >= 4 is 23.2 Å². The lowest BCUT2D eigenvalue weighted by atomic mass is 10.0. The number of rotatable bonds is 4. The molecule has 17 heavy (non-hydrogen) atoms. The van der Waals surface area contributed by atoms with Crippen LogP contribution < -0.4 is 5.73 Å². The van der Waals surface area contributed by atoms with Crippen LogP contribution in [0.4, 0.5) is 0 Å². The average Bonchev–Trinajstić information content (AvgIpc) is 2.69. The van der Waals surface area contributed by atoms with Crippen LogP contribution in [0.25, 0.3) is 0 Å². The molecule has 0 aliphatic heterocycles. The zero-order valence-electron chi connectivity index (χ0n) is 9.72. The highest BCUT2D eigenvalue weighted by Gasteiger charge is 2.29. The van der Waals surface area contributed by atoms with Crippen LogP contribution in [0.3, 0.4) is 0 Å². The zero-order valence-corrected chi connectivity index (χ0v) is 11.2. The maximum absolute atomic E-state index is 6.21. The third-order valence-electron chi connectivity index (χ3n) is 3.26. The molecule has 0 heterocycles. The van der Waals surface area contributed by atoms with Gasteiger partial charge in [-0.05, 0) is 30.5 Å². The maximum Gasteiger partial charge on any atom is 0.0732 e. The molecule has 0 saturated heterocycles. The fraction of sp³-hybridized carbons (Fsp3) is 0.538. The molecule has 2 rings (SSSR count). The summed E-state index contributed by atoms with van der Waals surface area (Å²) < 4.78 is 5.67. The minimum Gasteiger partial charge on any atom is -0.375 e. The molecule has 0 bridgehead atoms. The van der Waals surface area contributed by atoms with Crippen molar-refractivity contribution in [3.05, 3.63) is 33.8 Å². The molecule has 0 spiro atoms. The molecule has 0 amide bonds. The molecule has 94 valence electrons. The van der Waals surface area contributed by atoms with Gasteiger partial charge in [0, 0.05) is 15.6 Å². The molecule has 1 aromatic rings. The van der Waals surface area contributed by atoms with Gasteiger partial charge in [-0.3, -0.25) is 0 Å². The van der Waals surface area contributed by atoms with Crippen LogP contribution in [0.5, 0.6) is 0 Å². The second-order valence-electron chi connectivity index (χ2n) is 4.80. The van der Waals surface area contributed by atoms with E-state index in [1.807, 2.05) is 12.1 Å². The smallest absolute Gasteiger partial charge is 0.0732 e. The molecule has 0 unspecified atom stereocenters. The Balaban J connectivity index is 1.85. The topological polar surface area (TPSA) is 35.2 Å². The van der Waals surface area contributed by atoms with Gasteiger partial charge in [-0.1, -0.05) is 42.1 Å². The van der Waals surface area contributed by atoms with E-state index in [1.165, 1.54) is 12.8 Å². The first-order chi connectivity index (χ1) is 8.09. The van der Waals surface area contributed by atoms with E-state index in [4.69, 9.17) is 33.7 Å². The Morgan fingerprint density at radius 3 is 2.59 bits per heavy atom. The molecular weight excluding hydrogens is 257 g/mol. The molecular formula is C13H17Cl2NO. The van der Waals surface area contributed by atoms with Gasteiger partial charge in [0.1, 0.15) is 0 Å². The van der Waals surface area contributed by atoms with Crippen molar-refractivity contribution in [2.45, 2.75) is 37.8 Å². The largest absolute Gasteiger partial charge is 0.375 e. The summed E-state index contributed by atoms with van der Waals surface area (Å²) in [6, 6.07) is 5.44. The Bertz CT molecular complexity index is 389. The highest BCUT2D eigenvalue weighted by Crippen LogP contribution is 2.28. The van der Waals surface area contributed by atoms with Crippen LogP contribution in [-0.2, 0) is 11.3 Å². The Morgan fingerprint density at radius 2 is 1.94 bits per heavy atom. The van der Waals surface area contributed by atoms with Crippen molar-refractivity contribution < 1.29 is 4.74 Å². The molecule has 1 aliphatic rings. The molecule has 2 N–H and O–H groups in total. The third kappa shape index (κ3) is 3.59. The predicted octanol–water partition coefficient (Wildman–Crippen LogP) is 3.78. The first-order valence-corrected chi connectivity index (χ1v) is 6.65. The van der Waals surface area contributed by atoms with E-state index < -0.39 is 0 Å². The highest BCUT2D eigenvalue weighted by molar-refractivity contribution is 6.35. The average molecular weight is 274 g/mol. The van der Waals surface area contributed by atoms with Crippen LogP contribution in [0.15, 0.2) is 18.2 Å². The van der Waals surface area contributed by atoms with Crippen molar-refractivity contribution in [2.24, 2.45) is 5.73 Å². The van der Waals surface area contributed by atoms with Gasteiger partial charge in [0.2, 0.25) is 0 Å². The van der Waals surface area contributed by atoms with E-state index in [0.29, 0.717) is 23.3 Å². The summed E-state index contributed by atoms with van der Waals surface area (Å²) >= 11 is 11.9. The van der Waals surface area contributed by atoms with E-state index in [9.17, 15) is 0 Å². The molecule has 0 radical (unpaired) electrons. The van der Waals surface area contributed by atoms with Crippen molar-refractivity contribution in [1.29, 1.82) is 0 Å². The first-order valence-electron chi connectivity index (χ1n) is 5.90. The van der Waals surface area contributed by atoms with Crippen molar-refractivity contribution in [3.63, 3.8) is 0 Å². The van der Waals surface area contributed by atoms with Gasteiger partial charge in [-0.15, -0.1) is 0 Å². The van der Waals surface area contributed by atoms with Gasteiger partial charge >= 0.3 is 0 Å². The van der Waals surface area contributed by atoms with Gasteiger partial charge in [0.25, 0.3) is 0 Å². The van der Waals surface area contributed by atoms with Crippen LogP contribution in [0.1, 0.15) is 31.2 Å². The molecule has 0 aromatic heterocycles. The van der Waals surface area contributed by atoms with E-state index >= 15 is 0 Å². The number of halogens is 2. The molecule has 1 aliphatic carbocycles. The van der Waals surface area contributed by atoms with Crippen molar-refractivity contribution in [3.8, 4) is 0 Å². The number of hydrogen-bond donors (Lipinski definition) is 1. The second-order valence-corrected chi connectivity index (χ2v) is 5.64. The van der Waals surface area contributed by atoms with Gasteiger partial charge < -0.3 is 10.5 Å². The summed E-state index contributed by atoms with van der Waals surface area (Å²) in [5.41, 5.74) is 7.04. The Hall–Kier alpha value is -0.280. The van der Waals surface area contributed by atoms with E-state index in [2.05, 4.69) is 0 Å². The Labute approximate surface area is 112 Å². The summed E-state index contributed by atoms with van der Waals surface area (Å²) in [5.74, 6) is 0. The normalized spacial score (nSPS) is 18.5. The monoisotopic (exact) mass is 273 g/mol. The molecule has 4 heteroatoms. The predicted molar refractivity (Wildman–Crippen MR) is 71.5 cm³/mol. The van der Waals surface area contributed by atoms with Crippen LogP contribution in [-0.4, -0.2) is 12.1 Å². The number of nitrogens with two attached hydrogens (primary N) is 1. The highest BCUT2D eigenvalue weighted by atomic mass is 35.5. The summed E-state index contributed by atoms with van der Waals surface area (Å²) in [6.45, 7) is 1.10. The minimum atomic E-state index is -0.126. The number of benzene rings is 1. The Morgan fingerprint density at radius 1 is 1.24 bits per heavy atom. The minimum absolute atomic E-state index is 0.126. The fourth-order valence-corrected chi connectivity index (χ4v) is 2.69. The van der Waals surface area contributed by atoms with E-state index in [1.54, 1.807) is 6.07 Å². The van der Waals surface area contributed by atoms with Crippen molar-refractivity contribution in [1.82, 2.24) is 0 Å². The fourth-order valence-electron chi connectivity index (χ4n) is 2.23. The molecule has 1 aromatic carbocycles. The number of ether oxygens (including phenoxy) is 1. The zero-order chi connectivity index (χ0) is 12.3. The Kier molecular flexibility index (Phi) is 4.31. The molecule has 1 saturated carbocycles. The SMILES string of the molecule is NC1(COCc2ccc(Cl)cc2Cl)CCCC1. The van der Waals surface area contributed by atoms with Gasteiger partial charge in [0.05, 0.1) is 13.2 Å². The summed E-state index contributed by atoms with van der Waals surface area (Å²) in [5, 5.41) is 1.29.